The summed E-state index contributed by atoms with van der Waals surface area (Å²) in [5.41, 5.74) is 0.299. The van der Waals surface area contributed by atoms with E-state index in [1.807, 2.05) is 0 Å². The second-order valence-corrected chi connectivity index (χ2v) is 3.42. The molecule has 2 N–H and O–H groups in total. The number of carbonyl (C=O) groups excluding carboxylic acids is 1. The van der Waals surface area contributed by atoms with Gasteiger partial charge in [-0.15, -0.1) is 0 Å². The van der Waals surface area contributed by atoms with Gasteiger partial charge in [0, 0.05) is 0 Å². The second-order valence-electron chi connectivity index (χ2n) is 3.42. The molecular formula is C12H10O3. The number of Topliss-reactive ketones (excluding diaryl/α,β-unsaturated/α-hetero) is 1. The number of carbonyl (C=O) groups is 1. The fraction of sp³-hybridized carbons (Fsp3) is 0.0833. The molecule has 0 radical (unpaired) electrons. The lowest BCUT2D eigenvalue weighted by Crippen LogP contribution is -1.94. The van der Waals surface area contributed by atoms with Crippen molar-refractivity contribution in [3.63, 3.8) is 0 Å². The van der Waals surface area contributed by atoms with Crippen LogP contribution in [0.15, 0.2) is 30.3 Å². The summed E-state index contributed by atoms with van der Waals surface area (Å²) in [7, 11) is 0. The lowest BCUT2D eigenvalue weighted by Gasteiger charge is -2.06. The first-order valence-electron chi connectivity index (χ1n) is 4.55. The number of hydrogen-bond acceptors (Lipinski definition) is 3. The number of hydrogen-bond donors (Lipinski definition) is 2. The van der Waals surface area contributed by atoms with E-state index < -0.39 is 0 Å². The highest BCUT2D eigenvalue weighted by Crippen LogP contribution is 2.29. The maximum absolute atomic E-state index is 11.3. The Balaban J connectivity index is 2.88. The molecule has 76 valence electrons. The molecule has 0 atom stereocenters. The van der Waals surface area contributed by atoms with Gasteiger partial charge in [-0.25, -0.2) is 0 Å². The van der Waals surface area contributed by atoms with Crippen LogP contribution in [0.3, 0.4) is 0 Å². The van der Waals surface area contributed by atoms with Gasteiger partial charge in [0.25, 0.3) is 0 Å². The average Bonchev–Trinajstić information content (AvgIpc) is 2.17. The van der Waals surface area contributed by atoms with Crippen molar-refractivity contribution >= 4 is 16.6 Å². The van der Waals surface area contributed by atoms with Crippen molar-refractivity contribution in [2.75, 3.05) is 0 Å². The minimum Gasteiger partial charge on any atom is -0.508 e. The minimum absolute atomic E-state index is 0.0271. The van der Waals surface area contributed by atoms with Crippen LogP contribution in [0.1, 0.15) is 17.3 Å². The molecule has 0 saturated carbocycles. The topological polar surface area (TPSA) is 57.5 Å². The molecule has 2 aromatic carbocycles. The Hall–Kier alpha value is -2.03. The van der Waals surface area contributed by atoms with Crippen LogP contribution in [0.4, 0.5) is 0 Å². The first-order chi connectivity index (χ1) is 7.09. The Morgan fingerprint density at radius 1 is 1.13 bits per heavy atom. The first kappa shape index (κ1) is 9.52. The molecule has 3 nitrogen and oxygen atoms in total. The average molecular weight is 202 g/mol. The molecule has 15 heavy (non-hydrogen) atoms. The molecular weight excluding hydrogens is 192 g/mol. The highest BCUT2D eigenvalue weighted by molar-refractivity contribution is 6.09. The molecule has 0 aliphatic carbocycles. The first-order valence-corrected chi connectivity index (χ1v) is 4.55. The molecule has 0 amide bonds. The van der Waals surface area contributed by atoms with E-state index in [1.54, 1.807) is 18.2 Å². The third kappa shape index (κ3) is 1.52. The number of aromatic hydroxyl groups is 2. The van der Waals surface area contributed by atoms with Crippen LogP contribution in [0, 0.1) is 0 Å². The molecule has 0 saturated heterocycles. The third-order valence-corrected chi connectivity index (χ3v) is 2.33. The van der Waals surface area contributed by atoms with Crippen LogP contribution < -0.4 is 0 Å². The van der Waals surface area contributed by atoms with E-state index in [4.69, 9.17) is 0 Å². The molecule has 3 heteroatoms. The van der Waals surface area contributed by atoms with Gasteiger partial charge in [-0.3, -0.25) is 4.79 Å². The van der Waals surface area contributed by atoms with Gasteiger partial charge in [-0.05, 0) is 42.0 Å². The molecule has 0 aliphatic rings. The van der Waals surface area contributed by atoms with Gasteiger partial charge in [-0.1, -0.05) is 6.07 Å². The predicted octanol–water partition coefficient (Wildman–Crippen LogP) is 2.45. The van der Waals surface area contributed by atoms with Crippen LogP contribution in [0.2, 0.25) is 0 Å². The Morgan fingerprint density at radius 3 is 2.53 bits per heavy atom. The molecule has 0 aliphatic heterocycles. The summed E-state index contributed by atoms with van der Waals surface area (Å²) in [5, 5.41) is 20.2. The largest absolute Gasteiger partial charge is 0.508 e. The van der Waals surface area contributed by atoms with E-state index in [9.17, 15) is 15.0 Å². The highest BCUT2D eigenvalue weighted by atomic mass is 16.3. The van der Waals surface area contributed by atoms with E-state index >= 15 is 0 Å². The van der Waals surface area contributed by atoms with E-state index in [2.05, 4.69) is 0 Å². The summed E-state index contributed by atoms with van der Waals surface area (Å²) in [4.78, 5) is 11.3. The van der Waals surface area contributed by atoms with Crippen molar-refractivity contribution in [3.05, 3.63) is 35.9 Å². The van der Waals surface area contributed by atoms with Crippen LogP contribution in [-0.2, 0) is 0 Å². The van der Waals surface area contributed by atoms with Crippen LogP contribution >= 0.6 is 0 Å². The summed E-state index contributed by atoms with van der Waals surface area (Å²) in [6.45, 7) is 1.40. The van der Waals surface area contributed by atoms with E-state index in [-0.39, 0.29) is 17.3 Å². The number of ketones is 1. The van der Waals surface area contributed by atoms with Crippen molar-refractivity contribution in [3.8, 4) is 11.5 Å². The smallest absolute Gasteiger partial charge is 0.164 e. The molecule has 0 bridgehead atoms. The number of fused-ring (bicyclic) bond motifs is 1. The molecule has 2 rings (SSSR count). The zero-order valence-corrected chi connectivity index (χ0v) is 8.19. The zero-order valence-electron chi connectivity index (χ0n) is 8.19. The lowest BCUT2D eigenvalue weighted by molar-refractivity contribution is 0.101. The number of benzene rings is 2. The Morgan fingerprint density at radius 2 is 1.87 bits per heavy atom. The number of phenols is 2. The molecule has 0 heterocycles. The molecule has 0 unspecified atom stereocenters. The molecule has 0 fully saturated rings. The second kappa shape index (κ2) is 3.28. The van der Waals surface area contributed by atoms with Crippen molar-refractivity contribution in [2.45, 2.75) is 6.92 Å². The van der Waals surface area contributed by atoms with E-state index in [1.165, 1.54) is 19.1 Å². The molecule has 0 spiro atoms. The van der Waals surface area contributed by atoms with Crippen LogP contribution in [-0.4, -0.2) is 16.0 Å². The summed E-state index contributed by atoms with van der Waals surface area (Å²) < 4.78 is 0. The van der Waals surface area contributed by atoms with Crippen molar-refractivity contribution < 1.29 is 15.0 Å². The Labute approximate surface area is 86.6 Å². The van der Waals surface area contributed by atoms with E-state index in [0.29, 0.717) is 10.9 Å². The van der Waals surface area contributed by atoms with Gasteiger partial charge in [0.05, 0.1) is 5.56 Å². The van der Waals surface area contributed by atoms with Crippen LogP contribution in [0.25, 0.3) is 10.8 Å². The SMILES string of the molecule is CC(=O)c1c(O)ccc2cc(O)ccc12. The van der Waals surface area contributed by atoms with Gasteiger partial charge >= 0.3 is 0 Å². The van der Waals surface area contributed by atoms with Gasteiger partial charge in [0.15, 0.2) is 5.78 Å². The van der Waals surface area contributed by atoms with Gasteiger partial charge in [0.1, 0.15) is 11.5 Å². The minimum atomic E-state index is -0.191. The van der Waals surface area contributed by atoms with E-state index in [0.717, 1.165) is 5.39 Å². The van der Waals surface area contributed by atoms with Gasteiger partial charge in [0.2, 0.25) is 0 Å². The Kier molecular flexibility index (Phi) is 2.08. The van der Waals surface area contributed by atoms with Crippen molar-refractivity contribution in [2.24, 2.45) is 0 Å². The normalized spacial score (nSPS) is 10.5. The summed E-state index contributed by atoms with van der Waals surface area (Å²) >= 11 is 0. The maximum Gasteiger partial charge on any atom is 0.164 e. The van der Waals surface area contributed by atoms with Gasteiger partial charge < -0.3 is 10.2 Å². The third-order valence-electron chi connectivity index (χ3n) is 2.33. The highest BCUT2D eigenvalue weighted by Gasteiger charge is 2.11. The lowest BCUT2D eigenvalue weighted by atomic mass is 10.0. The fourth-order valence-corrected chi connectivity index (χ4v) is 1.68. The number of phenolic OH excluding ortho intramolecular Hbond substituents is 2. The van der Waals surface area contributed by atoms with Gasteiger partial charge in [-0.2, -0.15) is 0 Å². The quantitative estimate of drug-likeness (QED) is 0.698. The molecule has 2 aromatic rings. The Bertz CT molecular complexity index is 544. The van der Waals surface area contributed by atoms with Crippen LogP contribution in [0.5, 0.6) is 11.5 Å². The predicted molar refractivity (Wildman–Crippen MR) is 57.3 cm³/mol. The summed E-state index contributed by atoms with van der Waals surface area (Å²) in [6.07, 6.45) is 0. The maximum atomic E-state index is 11.3. The van der Waals surface area contributed by atoms with Crippen molar-refractivity contribution in [1.29, 1.82) is 0 Å². The monoisotopic (exact) mass is 202 g/mol. The summed E-state index contributed by atoms with van der Waals surface area (Å²) in [6, 6.07) is 7.80. The standard InChI is InChI=1S/C12H10O3/c1-7(13)12-10-4-3-9(14)6-8(10)2-5-11(12)15/h2-6,14-15H,1H3. The zero-order chi connectivity index (χ0) is 11.0. The fourth-order valence-electron chi connectivity index (χ4n) is 1.68. The molecule has 0 aromatic heterocycles. The number of rotatable bonds is 1. The van der Waals surface area contributed by atoms with Crippen molar-refractivity contribution in [1.82, 2.24) is 0 Å². The summed E-state index contributed by atoms with van der Waals surface area (Å²) in [5.74, 6) is -0.0767.